The predicted octanol–water partition coefficient (Wildman–Crippen LogP) is 5.38. The summed E-state index contributed by atoms with van der Waals surface area (Å²) in [6, 6.07) is 14.9. The highest BCUT2D eigenvalue weighted by molar-refractivity contribution is 5.32. The number of rotatable bonds is 3. The van der Waals surface area contributed by atoms with Gasteiger partial charge in [-0.25, -0.2) is 8.78 Å². The fraction of sp³-hybridized carbons (Fsp3) is 0.304. The van der Waals surface area contributed by atoms with Gasteiger partial charge in [-0.3, -0.25) is 4.90 Å². The first kappa shape index (κ1) is 17.9. The maximum Gasteiger partial charge on any atom is 0.159 e. The molecule has 0 fully saturated rings. The van der Waals surface area contributed by atoms with E-state index in [0.717, 1.165) is 37.3 Å². The van der Waals surface area contributed by atoms with Crippen LogP contribution in [0.1, 0.15) is 40.4 Å². The molecule has 2 heterocycles. The zero-order valence-corrected chi connectivity index (χ0v) is 15.8. The van der Waals surface area contributed by atoms with Crippen molar-refractivity contribution >= 4 is 0 Å². The highest BCUT2D eigenvalue weighted by Gasteiger charge is 2.28. The molecule has 0 amide bonds. The average Bonchev–Trinajstić information content (AvgIpc) is 2.99. The van der Waals surface area contributed by atoms with E-state index in [4.69, 9.17) is 0 Å². The summed E-state index contributed by atoms with van der Waals surface area (Å²) >= 11 is 0. The first-order valence-corrected chi connectivity index (χ1v) is 9.42. The van der Waals surface area contributed by atoms with Gasteiger partial charge in [0, 0.05) is 31.5 Å². The number of aryl methyl sites for hydroxylation is 3. The number of hydrogen-bond donors (Lipinski definition) is 0. The van der Waals surface area contributed by atoms with Crippen LogP contribution in [0, 0.1) is 25.5 Å². The average molecular weight is 366 g/mol. The molecular formula is C23H24F2N2. The molecule has 0 bridgehead atoms. The van der Waals surface area contributed by atoms with E-state index in [1.54, 1.807) is 6.07 Å². The Morgan fingerprint density at radius 1 is 0.926 bits per heavy atom. The topological polar surface area (TPSA) is 8.17 Å². The molecule has 140 valence electrons. The lowest BCUT2D eigenvalue weighted by Gasteiger charge is -2.31. The van der Waals surface area contributed by atoms with Gasteiger partial charge >= 0.3 is 0 Å². The Bertz CT molecular complexity index is 941. The summed E-state index contributed by atoms with van der Waals surface area (Å²) in [7, 11) is 0. The van der Waals surface area contributed by atoms with Crippen LogP contribution in [-0.2, 0) is 13.1 Å². The van der Waals surface area contributed by atoms with Crippen LogP contribution >= 0.6 is 0 Å². The third-order valence-corrected chi connectivity index (χ3v) is 5.28. The van der Waals surface area contributed by atoms with Crippen LogP contribution in [0.4, 0.5) is 8.78 Å². The highest BCUT2D eigenvalue weighted by Crippen LogP contribution is 2.33. The highest BCUT2D eigenvalue weighted by atomic mass is 19.2. The molecule has 1 aromatic heterocycles. The second-order valence-corrected chi connectivity index (χ2v) is 7.52. The molecule has 0 radical (unpaired) electrons. The van der Waals surface area contributed by atoms with Gasteiger partial charge in [0.05, 0.1) is 6.04 Å². The SMILES string of the molecule is Cc1cc(C)cc(CN2CCCn3cccc3[C@H]2c2ccc(F)c(F)c2)c1. The lowest BCUT2D eigenvalue weighted by Crippen LogP contribution is -2.29. The lowest BCUT2D eigenvalue weighted by atomic mass is 10.00. The van der Waals surface area contributed by atoms with Gasteiger partial charge in [-0.05, 0) is 55.7 Å². The molecule has 4 rings (SSSR count). The summed E-state index contributed by atoms with van der Waals surface area (Å²) in [6.45, 7) is 6.83. The van der Waals surface area contributed by atoms with E-state index in [9.17, 15) is 8.78 Å². The summed E-state index contributed by atoms with van der Waals surface area (Å²) < 4.78 is 29.7. The van der Waals surface area contributed by atoms with Crippen LogP contribution in [0.15, 0.2) is 54.7 Å². The van der Waals surface area contributed by atoms with Crippen LogP contribution in [0.2, 0.25) is 0 Å². The Morgan fingerprint density at radius 3 is 2.44 bits per heavy atom. The molecule has 1 aliphatic heterocycles. The summed E-state index contributed by atoms with van der Waals surface area (Å²) in [6.07, 6.45) is 3.09. The minimum Gasteiger partial charge on any atom is -0.350 e. The van der Waals surface area contributed by atoms with Crippen molar-refractivity contribution in [3.63, 3.8) is 0 Å². The Morgan fingerprint density at radius 2 is 1.70 bits per heavy atom. The number of hydrogen-bond acceptors (Lipinski definition) is 1. The molecule has 1 atom stereocenters. The van der Waals surface area contributed by atoms with Gasteiger partial charge in [0.2, 0.25) is 0 Å². The zero-order chi connectivity index (χ0) is 19.0. The Labute approximate surface area is 159 Å². The largest absolute Gasteiger partial charge is 0.350 e. The van der Waals surface area contributed by atoms with Gasteiger partial charge in [-0.15, -0.1) is 0 Å². The smallest absolute Gasteiger partial charge is 0.159 e. The van der Waals surface area contributed by atoms with Crippen LogP contribution in [0.3, 0.4) is 0 Å². The monoisotopic (exact) mass is 366 g/mol. The van der Waals surface area contributed by atoms with Crippen molar-refractivity contribution in [2.75, 3.05) is 6.54 Å². The molecule has 2 aromatic carbocycles. The van der Waals surface area contributed by atoms with Crippen molar-refractivity contribution in [3.05, 3.63) is 94.3 Å². The van der Waals surface area contributed by atoms with Gasteiger partial charge in [0.1, 0.15) is 0 Å². The molecule has 0 saturated carbocycles. The molecule has 1 aliphatic rings. The molecule has 0 N–H and O–H groups in total. The predicted molar refractivity (Wildman–Crippen MR) is 104 cm³/mol. The molecule has 4 heteroatoms. The Hall–Kier alpha value is -2.46. The maximum atomic E-state index is 14.0. The molecule has 2 nitrogen and oxygen atoms in total. The van der Waals surface area contributed by atoms with Gasteiger partial charge in [-0.1, -0.05) is 35.4 Å². The van der Waals surface area contributed by atoms with E-state index in [2.05, 4.69) is 53.8 Å². The van der Waals surface area contributed by atoms with Gasteiger partial charge in [-0.2, -0.15) is 0 Å². The van der Waals surface area contributed by atoms with E-state index < -0.39 is 11.6 Å². The third kappa shape index (κ3) is 3.67. The summed E-state index contributed by atoms with van der Waals surface area (Å²) in [5, 5.41) is 0. The van der Waals surface area contributed by atoms with Gasteiger partial charge in [0.25, 0.3) is 0 Å². The van der Waals surface area contributed by atoms with Crippen LogP contribution in [-0.4, -0.2) is 16.0 Å². The van der Waals surface area contributed by atoms with Crippen molar-refractivity contribution < 1.29 is 8.78 Å². The molecule has 0 spiro atoms. The second kappa shape index (κ2) is 7.28. The summed E-state index contributed by atoms with van der Waals surface area (Å²) in [5.41, 5.74) is 5.66. The first-order valence-electron chi connectivity index (χ1n) is 9.42. The van der Waals surface area contributed by atoms with Crippen LogP contribution in [0.25, 0.3) is 0 Å². The zero-order valence-electron chi connectivity index (χ0n) is 15.8. The van der Waals surface area contributed by atoms with Crippen molar-refractivity contribution in [3.8, 4) is 0 Å². The summed E-state index contributed by atoms with van der Waals surface area (Å²) in [5.74, 6) is -1.59. The third-order valence-electron chi connectivity index (χ3n) is 5.28. The molecular weight excluding hydrogens is 342 g/mol. The van der Waals surface area contributed by atoms with E-state index in [0.29, 0.717) is 0 Å². The quantitative estimate of drug-likeness (QED) is 0.604. The number of halogens is 2. The number of fused-ring (bicyclic) bond motifs is 1. The second-order valence-electron chi connectivity index (χ2n) is 7.52. The van der Waals surface area contributed by atoms with Crippen molar-refractivity contribution in [1.82, 2.24) is 9.47 Å². The van der Waals surface area contributed by atoms with Crippen molar-refractivity contribution in [1.29, 1.82) is 0 Å². The number of benzene rings is 2. The Balaban J connectivity index is 1.76. The van der Waals surface area contributed by atoms with Gasteiger partial charge < -0.3 is 4.57 Å². The molecule has 0 unspecified atom stereocenters. The molecule has 0 saturated heterocycles. The maximum absolute atomic E-state index is 14.0. The number of nitrogens with zero attached hydrogens (tertiary/aromatic N) is 2. The lowest BCUT2D eigenvalue weighted by molar-refractivity contribution is 0.220. The molecule has 0 aliphatic carbocycles. The summed E-state index contributed by atoms with van der Waals surface area (Å²) in [4.78, 5) is 2.37. The Kier molecular flexibility index (Phi) is 4.83. The normalized spacial score (nSPS) is 17.6. The van der Waals surface area contributed by atoms with E-state index in [1.807, 2.05) is 6.07 Å². The molecule has 27 heavy (non-hydrogen) atoms. The minimum atomic E-state index is -0.802. The van der Waals surface area contributed by atoms with Crippen molar-refractivity contribution in [2.45, 2.75) is 39.4 Å². The first-order chi connectivity index (χ1) is 13.0. The van der Waals surface area contributed by atoms with Gasteiger partial charge in [0.15, 0.2) is 11.6 Å². The van der Waals surface area contributed by atoms with Crippen molar-refractivity contribution in [2.24, 2.45) is 0 Å². The van der Waals surface area contributed by atoms with E-state index >= 15 is 0 Å². The fourth-order valence-corrected chi connectivity index (χ4v) is 4.27. The standard InChI is InChI=1S/C23H24F2N2/c1-16-11-17(2)13-18(12-16)15-27-10-4-9-26-8-3-5-22(26)23(27)19-6-7-20(24)21(25)14-19/h3,5-8,11-14,23H,4,9-10,15H2,1-2H3/t23-/m1/s1. The minimum absolute atomic E-state index is 0.0987. The fourth-order valence-electron chi connectivity index (χ4n) is 4.27. The molecule has 3 aromatic rings. The van der Waals surface area contributed by atoms with Crippen LogP contribution in [0.5, 0.6) is 0 Å². The van der Waals surface area contributed by atoms with E-state index in [-0.39, 0.29) is 6.04 Å². The van der Waals surface area contributed by atoms with Crippen LogP contribution < -0.4 is 0 Å². The number of aromatic nitrogens is 1. The van der Waals surface area contributed by atoms with E-state index in [1.165, 1.54) is 28.8 Å².